The molecule has 0 aromatic rings. The predicted octanol–water partition coefficient (Wildman–Crippen LogP) is 0.943. The van der Waals surface area contributed by atoms with E-state index in [0.29, 0.717) is 11.8 Å². The van der Waals surface area contributed by atoms with Gasteiger partial charge in [-0.15, -0.1) is 0 Å². The lowest BCUT2D eigenvalue weighted by atomic mass is 10.3. The van der Waals surface area contributed by atoms with Crippen LogP contribution >= 0.6 is 0 Å². The Bertz CT molecular complexity index is 321. The van der Waals surface area contributed by atoms with Crippen molar-refractivity contribution >= 4 is 10.0 Å². The van der Waals surface area contributed by atoms with Crippen molar-refractivity contribution < 1.29 is 8.42 Å². The average Bonchev–Trinajstić information content (AvgIpc) is 3.09. The molecule has 5 heteroatoms. The lowest BCUT2D eigenvalue weighted by Gasteiger charge is -2.16. The topological polar surface area (TPSA) is 49.4 Å². The maximum absolute atomic E-state index is 11.8. The molecule has 0 saturated heterocycles. The maximum Gasteiger partial charge on any atom is 0.214 e. The Kier molecular flexibility index (Phi) is 3.87. The van der Waals surface area contributed by atoms with Crippen molar-refractivity contribution in [3.05, 3.63) is 0 Å². The van der Waals surface area contributed by atoms with E-state index in [4.69, 9.17) is 0 Å². The SMILES string of the molecule is CN(C1CC1)S(=O)(=O)CCCCNC1CC1. The Hall–Kier alpha value is -0.130. The number of nitrogens with one attached hydrogen (secondary N) is 1. The van der Waals surface area contributed by atoms with Crippen LogP contribution in [0.5, 0.6) is 0 Å². The van der Waals surface area contributed by atoms with Crippen molar-refractivity contribution in [1.29, 1.82) is 0 Å². The monoisotopic (exact) mass is 246 g/mol. The molecule has 0 spiro atoms. The highest BCUT2D eigenvalue weighted by Crippen LogP contribution is 2.27. The summed E-state index contributed by atoms with van der Waals surface area (Å²) >= 11 is 0. The quantitative estimate of drug-likeness (QED) is 0.649. The van der Waals surface area contributed by atoms with E-state index < -0.39 is 10.0 Å². The highest BCUT2D eigenvalue weighted by molar-refractivity contribution is 7.89. The fraction of sp³-hybridized carbons (Fsp3) is 1.00. The highest BCUT2D eigenvalue weighted by atomic mass is 32.2. The molecule has 4 nitrogen and oxygen atoms in total. The van der Waals surface area contributed by atoms with Gasteiger partial charge in [-0.2, -0.15) is 0 Å². The molecule has 16 heavy (non-hydrogen) atoms. The number of hydrogen-bond donors (Lipinski definition) is 1. The van der Waals surface area contributed by atoms with Gasteiger partial charge in [0.2, 0.25) is 10.0 Å². The Morgan fingerprint density at radius 3 is 2.44 bits per heavy atom. The minimum Gasteiger partial charge on any atom is -0.314 e. The van der Waals surface area contributed by atoms with E-state index in [1.807, 2.05) is 0 Å². The van der Waals surface area contributed by atoms with Crippen LogP contribution in [-0.2, 0) is 10.0 Å². The molecular formula is C11H22N2O2S. The molecule has 0 aromatic heterocycles. The van der Waals surface area contributed by atoms with Gasteiger partial charge >= 0.3 is 0 Å². The predicted molar refractivity (Wildman–Crippen MR) is 64.8 cm³/mol. The zero-order valence-corrected chi connectivity index (χ0v) is 10.8. The van der Waals surface area contributed by atoms with Gasteiger partial charge in [0.25, 0.3) is 0 Å². The third-order valence-corrected chi connectivity index (χ3v) is 5.32. The molecule has 2 aliphatic carbocycles. The zero-order chi connectivity index (χ0) is 11.6. The smallest absolute Gasteiger partial charge is 0.214 e. The fourth-order valence-corrected chi connectivity index (χ4v) is 3.33. The van der Waals surface area contributed by atoms with Crippen LogP contribution in [0.3, 0.4) is 0 Å². The van der Waals surface area contributed by atoms with Crippen LogP contribution in [-0.4, -0.2) is 44.2 Å². The van der Waals surface area contributed by atoms with Crippen LogP contribution in [0.25, 0.3) is 0 Å². The van der Waals surface area contributed by atoms with Crippen LogP contribution in [0.1, 0.15) is 38.5 Å². The second-order valence-corrected chi connectivity index (χ2v) is 7.15. The number of nitrogens with zero attached hydrogens (tertiary/aromatic N) is 1. The molecule has 0 atom stereocenters. The summed E-state index contributed by atoms with van der Waals surface area (Å²) in [6.07, 6.45) is 6.41. The molecule has 2 aliphatic rings. The van der Waals surface area contributed by atoms with E-state index in [-0.39, 0.29) is 0 Å². The van der Waals surface area contributed by atoms with Gasteiger partial charge in [-0.25, -0.2) is 12.7 Å². The summed E-state index contributed by atoms with van der Waals surface area (Å²) in [5, 5.41) is 3.40. The second kappa shape index (κ2) is 5.02. The summed E-state index contributed by atoms with van der Waals surface area (Å²) in [6.45, 7) is 0.966. The normalized spacial score (nSPS) is 21.6. The number of hydrogen-bond acceptors (Lipinski definition) is 3. The van der Waals surface area contributed by atoms with E-state index >= 15 is 0 Å². The molecule has 0 amide bonds. The highest BCUT2D eigenvalue weighted by Gasteiger charge is 2.33. The summed E-state index contributed by atoms with van der Waals surface area (Å²) in [6, 6.07) is 1.03. The van der Waals surface area contributed by atoms with Gasteiger partial charge in [-0.05, 0) is 45.1 Å². The summed E-state index contributed by atoms with van der Waals surface area (Å²) in [5.41, 5.74) is 0. The largest absolute Gasteiger partial charge is 0.314 e. The van der Waals surface area contributed by atoms with Gasteiger partial charge in [0.1, 0.15) is 0 Å². The first-order chi connectivity index (χ1) is 7.59. The van der Waals surface area contributed by atoms with Crippen molar-refractivity contribution in [2.75, 3.05) is 19.3 Å². The summed E-state index contributed by atoms with van der Waals surface area (Å²) in [4.78, 5) is 0. The average molecular weight is 246 g/mol. The van der Waals surface area contributed by atoms with Crippen LogP contribution < -0.4 is 5.32 Å². The number of rotatable bonds is 8. The molecule has 0 heterocycles. The first-order valence-corrected chi connectivity index (χ1v) is 7.89. The molecule has 2 saturated carbocycles. The van der Waals surface area contributed by atoms with E-state index in [9.17, 15) is 8.42 Å². The van der Waals surface area contributed by atoms with Gasteiger partial charge in [-0.3, -0.25) is 0 Å². The van der Waals surface area contributed by atoms with Crippen molar-refractivity contribution in [3.8, 4) is 0 Å². The molecule has 0 unspecified atom stereocenters. The van der Waals surface area contributed by atoms with Gasteiger partial charge in [0.05, 0.1) is 5.75 Å². The summed E-state index contributed by atoms with van der Waals surface area (Å²) in [7, 11) is -1.26. The Labute approximate surface area is 98.4 Å². The summed E-state index contributed by atoms with van der Waals surface area (Å²) < 4.78 is 25.2. The molecule has 0 radical (unpaired) electrons. The van der Waals surface area contributed by atoms with E-state index in [2.05, 4.69) is 5.32 Å². The van der Waals surface area contributed by atoms with Crippen molar-refractivity contribution in [2.24, 2.45) is 0 Å². The van der Waals surface area contributed by atoms with Crippen LogP contribution in [0.15, 0.2) is 0 Å². The maximum atomic E-state index is 11.8. The first kappa shape index (κ1) is 12.3. The lowest BCUT2D eigenvalue weighted by molar-refractivity contribution is 0.461. The molecular weight excluding hydrogens is 224 g/mol. The minimum atomic E-state index is -2.98. The van der Waals surface area contributed by atoms with Crippen LogP contribution in [0.4, 0.5) is 0 Å². The summed E-state index contributed by atoms with van der Waals surface area (Å²) in [5.74, 6) is 0.312. The number of sulfonamides is 1. The van der Waals surface area contributed by atoms with Gasteiger partial charge in [0, 0.05) is 19.1 Å². The van der Waals surface area contributed by atoms with Gasteiger partial charge < -0.3 is 5.32 Å². The third-order valence-electron chi connectivity index (χ3n) is 3.34. The van der Waals surface area contributed by atoms with Crippen molar-refractivity contribution in [2.45, 2.75) is 50.6 Å². The van der Waals surface area contributed by atoms with E-state index in [0.717, 1.165) is 38.3 Å². The number of unbranched alkanes of at least 4 members (excludes halogenated alkanes) is 1. The molecule has 0 aromatic carbocycles. The van der Waals surface area contributed by atoms with Crippen molar-refractivity contribution in [3.63, 3.8) is 0 Å². The molecule has 0 bridgehead atoms. The van der Waals surface area contributed by atoms with Gasteiger partial charge in [-0.1, -0.05) is 0 Å². The molecule has 0 aliphatic heterocycles. The molecule has 2 fully saturated rings. The molecule has 1 N–H and O–H groups in total. The molecule has 94 valence electrons. The van der Waals surface area contributed by atoms with E-state index in [1.54, 1.807) is 11.4 Å². The van der Waals surface area contributed by atoms with Crippen LogP contribution in [0, 0.1) is 0 Å². The van der Waals surface area contributed by atoms with Crippen molar-refractivity contribution in [1.82, 2.24) is 9.62 Å². The standard InChI is InChI=1S/C11H22N2O2S/c1-13(11-6-7-11)16(14,15)9-3-2-8-12-10-4-5-10/h10-12H,2-9H2,1H3. The lowest BCUT2D eigenvalue weighted by Crippen LogP contribution is -2.31. The minimum absolute atomic E-state index is 0.301. The van der Waals surface area contributed by atoms with E-state index in [1.165, 1.54) is 12.8 Å². The second-order valence-electron chi connectivity index (χ2n) is 5.00. The third kappa shape index (κ3) is 3.71. The first-order valence-electron chi connectivity index (χ1n) is 6.29. The fourth-order valence-electron chi connectivity index (χ4n) is 1.81. The Morgan fingerprint density at radius 2 is 1.88 bits per heavy atom. The Morgan fingerprint density at radius 1 is 1.19 bits per heavy atom. The zero-order valence-electron chi connectivity index (χ0n) is 9.98. The van der Waals surface area contributed by atoms with Gasteiger partial charge in [0.15, 0.2) is 0 Å². The Balaban J connectivity index is 1.59. The molecule has 2 rings (SSSR count). The van der Waals surface area contributed by atoms with Crippen LogP contribution in [0.2, 0.25) is 0 Å².